The largest absolute Gasteiger partial charge is 0.317 e. The molecule has 15 heavy (non-hydrogen) atoms. The van der Waals surface area contributed by atoms with Crippen molar-refractivity contribution in [3.63, 3.8) is 0 Å². The van der Waals surface area contributed by atoms with E-state index in [-0.39, 0.29) is 0 Å². The Morgan fingerprint density at radius 3 is 2.07 bits per heavy atom. The van der Waals surface area contributed by atoms with Crippen LogP contribution >= 0.6 is 0 Å². The first kappa shape index (κ1) is 11.4. The summed E-state index contributed by atoms with van der Waals surface area (Å²) in [4.78, 5) is 0. The topological polar surface area (TPSA) is 24.1 Å². The SMILES string of the molecule is CC1(C)C(NCC2CCNCC2)C1(C)C. The van der Waals surface area contributed by atoms with Crippen molar-refractivity contribution < 1.29 is 0 Å². The van der Waals surface area contributed by atoms with Crippen molar-refractivity contribution in [2.75, 3.05) is 19.6 Å². The molecule has 1 heterocycles. The van der Waals surface area contributed by atoms with Gasteiger partial charge < -0.3 is 10.6 Å². The average Bonchev–Trinajstić information content (AvgIpc) is 2.57. The molecule has 1 saturated heterocycles. The highest BCUT2D eigenvalue weighted by atomic mass is 15.0. The van der Waals surface area contributed by atoms with Crippen molar-refractivity contribution in [1.29, 1.82) is 0 Å². The van der Waals surface area contributed by atoms with Crippen LogP contribution in [0.4, 0.5) is 0 Å². The van der Waals surface area contributed by atoms with Gasteiger partial charge in [-0.1, -0.05) is 27.7 Å². The van der Waals surface area contributed by atoms with Crippen LogP contribution in [0.15, 0.2) is 0 Å². The zero-order valence-corrected chi connectivity index (χ0v) is 10.7. The monoisotopic (exact) mass is 210 g/mol. The zero-order chi connectivity index (χ0) is 11.1. The van der Waals surface area contributed by atoms with Crippen molar-refractivity contribution in [2.24, 2.45) is 16.7 Å². The summed E-state index contributed by atoms with van der Waals surface area (Å²) >= 11 is 0. The van der Waals surface area contributed by atoms with Gasteiger partial charge in [-0.2, -0.15) is 0 Å². The molecular formula is C13H26N2. The van der Waals surface area contributed by atoms with Crippen LogP contribution in [0.3, 0.4) is 0 Å². The predicted molar refractivity (Wildman–Crippen MR) is 64.9 cm³/mol. The molecule has 0 aromatic heterocycles. The summed E-state index contributed by atoms with van der Waals surface area (Å²) in [6.07, 6.45) is 2.70. The Labute approximate surface area is 94.2 Å². The normalized spacial score (nSPS) is 30.4. The van der Waals surface area contributed by atoms with Gasteiger partial charge in [-0.15, -0.1) is 0 Å². The second-order valence-electron chi connectivity index (χ2n) is 6.48. The summed E-state index contributed by atoms with van der Waals surface area (Å²) < 4.78 is 0. The molecule has 0 radical (unpaired) electrons. The molecule has 0 bridgehead atoms. The van der Waals surface area contributed by atoms with Gasteiger partial charge in [0.2, 0.25) is 0 Å². The minimum Gasteiger partial charge on any atom is -0.317 e. The predicted octanol–water partition coefficient (Wildman–Crippen LogP) is 2.01. The van der Waals surface area contributed by atoms with E-state index in [0.717, 1.165) is 12.0 Å². The highest BCUT2D eigenvalue weighted by Crippen LogP contribution is 2.62. The van der Waals surface area contributed by atoms with Crippen LogP contribution in [0.5, 0.6) is 0 Å². The highest BCUT2D eigenvalue weighted by molar-refractivity contribution is 5.17. The van der Waals surface area contributed by atoms with Gasteiger partial charge in [0.1, 0.15) is 0 Å². The van der Waals surface area contributed by atoms with Crippen LogP contribution in [-0.2, 0) is 0 Å². The lowest BCUT2D eigenvalue weighted by molar-refractivity contribution is 0.347. The fourth-order valence-corrected chi connectivity index (χ4v) is 3.08. The number of hydrogen-bond donors (Lipinski definition) is 2. The first-order valence-electron chi connectivity index (χ1n) is 6.40. The first-order chi connectivity index (χ1) is 6.96. The third-order valence-electron chi connectivity index (χ3n) is 5.09. The van der Waals surface area contributed by atoms with Crippen molar-refractivity contribution >= 4 is 0 Å². The molecule has 0 aromatic rings. The fourth-order valence-electron chi connectivity index (χ4n) is 3.08. The molecule has 2 nitrogen and oxygen atoms in total. The molecule has 0 spiro atoms. The van der Waals surface area contributed by atoms with Gasteiger partial charge in [0.05, 0.1) is 0 Å². The van der Waals surface area contributed by atoms with Crippen LogP contribution in [0.25, 0.3) is 0 Å². The summed E-state index contributed by atoms with van der Waals surface area (Å²) in [5, 5.41) is 7.20. The van der Waals surface area contributed by atoms with Crippen molar-refractivity contribution in [3.8, 4) is 0 Å². The Kier molecular flexibility index (Phi) is 2.85. The fraction of sp³-hybridized carbons (Fsp3) is 1.00. The van der Waals surface area contributed by atoms with E-state index in [2.05, 4.69) is 38.3 Å². The summed E-state index contributed by atoms with van der Waals surface area (Å²) in [5.41, 5.74) is 0.972. The molecule has 0 atom stereocenters. The molecule has 2 aliphatic rings. The van der Waals surface area contributed by atoms with Crippen molar-refractivity contribution in [3.05, 3.63) is 0 Å². The number of hydrogen-bond acceptors (Lipinski definition) is 2. The average molecular weight is 210 g/mol. The Morgan fingerprint density at radius 2 is 1.60 bits per heavy atom. The van der Waals surface area contributed by atoms with Gasteiger partial charge in [0.15, 0.2) is 0 Å². The van der Waals surface area contributed by atoms with Gasteiger partial charge >= 0.3 is 0 Å². The highest BCUT2D eigenvalue weighted by Gasteiger charge is 2.64. The molecule has 2 N–H and O–H groups in total. The molecule has 2 heteroatoms. The third-order valence-corrected chi connectivity index (χ3v) is 5.09. The minimum absolute atomic E-state index is 0.486. The smallest absolute Gasteiger partial charge is 0.0181 e. The van der Waals surface area contributed by atoms with Crippen molar-refractivity contribution in [1.82, 2.24) is 10.6 Å². The number of piperidine rings is 1. The zero-order valence-electron chi connectivity index (χ0n) is 10.7. The second kappa shape index (κ2) is 3.74. The Balaban J connectivity index is 1.75. The summed E-state index contributed by atoms with van der Waals surface area (Å²) in [5.74, 6) is 0.901. The van der Waals surface area contributed by atoms with Crippen LogP contribution in [-0.4, -0.2) is 25.7 Å². The summed E-state index contributed by atoms with van der Waals surface area (Å²) in [6, 6.07) is 0.722. The van der Waals surface area contributed by atoms with Gasteiger partial charge in [0.25, 0.3) is 0 Å². The molecular weight excluding hydrogens is 184 g/mol. The maximum Gasteiger partial charge on any atom is 0.0181 e. The lowest BCUT2D eigenvalue weighted by Crippen LogP contribution is -2.35. The molecule has 0 unspecified atom stereocenters. The van der Waals surface area contributed by atoms with Crippen LogP contribution in [0.2, 0.25) is 0 Å². The molecule has 1 aliphatic carbocycles. The van der Waals surface area contributed by atoms with Gasteiger partial charge in [0, 0.05) is 6.04 Å². The standard InChI is InChI=1S/C13H26N2/c1-12(2)11(13(12,3)4)15-9-10-5-7-14-8-6-10/h10-11,14-15H,5-9H2,1-4H3. The van der Waals surface area contributed by atoms with E-state index in [0.29, 0.717) is 10.8 Å². The van der Waals surface area contributed by atoms with E-state index in [9.17, 15) is 0 Å². The van der Waals surface area contributed by atoms with E-state index in [4.69, 9.17) is 0 Å². The maximum atomic E-state index is 3.78. The van der Waals surface area contributed by atoms with Crippen LogP contribution < -0.4 is 10.6 Å². The molecule has 0 aromatic carbocycles. The van der Waals surface area contributed by atoms with Gasteiger partial charge in [-0.25, -0.2) is 0 Å². The Hall–Kier alpha value is -0.0800. The lowest BCUT2D eigenvalue weighted by atomic mass is 9.98. The van der Waals surface area contributed by atoms with Gasteiger partial charge in [-0.05, 0) is 49.2 Å². The van der Waals surface area contributed by atoms with E-state index in [1.165, 1.54) is 32.5 Å². The lowest BCUT2D eigenvalue weighted by Gasteiger charge is -2.23. The third kappa shape index (κ3) is 1.94. The van der Waals surface area contributed by atoms with E-state index in [1.54, 1.807) is 0 Å². The van der Waals surface area contributed by atoms with E-state index >= 15 is 0 Å². The molecule has 1 saturated carbocycles. The molecule has 2 rings (SSSR count). The van der Waals surface area contributed by atoms with Crippen molar-refractivity contribution in [2.45, 2.75) is 46.6 Å². The van der Waals surface area contributed by atoms with E-state index < -0.39 is 0 Å². The van der Waals surface area contributed by atoms with Crippen LogP contribution in [0.1, 0.15) is 40.5 Å². The quantitative estimate of drug-likeness (QED) is 0.744. The number of rotatable bonds is 3. The molecule has 2 fully saturated rings. The minimum atomic E-state index is 0.486. The molecule has 88 valence electrons. The second-order valence-corrected chi connectivity index (χ2v) is 6.48. The maximum absolute atomic E-state index is 3.78. The summed E-state index contributed by atoms with van der Waals surface area (Å²) in [7, 11) is 0. The Morgan fingerprint density at radius 1 is 1.07 bits per heavy atom. The molecule has 0 amide bonds. The van der Waals surface area contributed by atoms with Crippen LogP contribution in [0, 0.1) is 16.7 Å². The Bertz CT molecular complexity index is 213. The first-order valence-corrected chi connectivity index (χ1v) is 6.40. The van der Waals surface area contributed by atoms with E-state index in [1.807, 2.05) is 0 Å². The molecule has 1 aliphatic heterocycles. The summed E-state index contributed by atoms with van der Waals surface area (Å²) in [6.45, 7) is 13.2. The van der Waals surface area contributed by atoms with Gasteiger partial charge in [-0.3, -0.25) is 0 Å². The number of nitrogens with one attached hydrogen (secondary N) is 2.